The highest BCUT2D eigenvalue weighted by Crippen LogP contribution is 2.32. The van der Waals surface area contributed by atoms with E-state index in [2.05, 4.69) is 58.5 Å². The zero-order chi connectivity index (χ0) is 69.8. The van der Waals surface area contributed by atoms with E-state index in [0.29, 0.717) is 30.9 Å². The predicted molar refractivity (Wildman–Crippen MR) is 367 cm³/mol. The van der Waals surface area contributed by atoms with E-state index < -0.39 is 137 Å². The molecule has 3 N–H and O–H groups in total. The third kappa shape index (κ3) is 18.6. The molecule has 0 unspecified atom stereocenters. The van der Waals surface area contributed by atoms with Crippen LogP contribution in [-0.2, 0) is 60.7 Å². The summed E-state index contributed by atoms with van der Waals surface area (Å²) < 4.78 is 6.18. The van der Waals surface area contributed by atoms with Crippen LogP contribution in [0, 0.1) is 35.5 Å². The van der Waals surface area contributed by atoms with Crippen LogP contribution >= 0.6 is 0 Å². The SMILES string of the molecule is CC[C@H](C)[C@@H]1NC(=O)[C@@H]2CCCN2C(=O)[C@H](Cc2cccc(-c3ccc(N4CCN(C(C)C)CC4)cc3)c2)N(C)C(=O)[C@H](Cc2ccccc2)NC(=O)[C@H](C(C)C)N(C)C(=O)[C@@H]([C@@H](C)CC)OC(=O)[C@H](C(C)(C)O)N(C)C(=O)[C@H](CC(C)C)CC(=O)[C@H](C(C)C)N(C)C1=O. The topological polar surface area (TPSA) is 230 Å². The van der Waals surface area contributed by atoms with Crippen molar-refractivity contribution in [2.45, 2.75) is 208 Å². The largest absolute Gasteiger partial charge is 0.450 e. The van der Waals surface area contributed by atoms with E-state index in [1.165, 1.54) is 61.6 Å². The van der Waals surface area contributed by atoms with E-state index in [0.717, 1.165) is 53.5 Å². The van der Waals surface area contributed by atoms with Gasteiger partial charge in [0.2, 0.25) is 35.4 Å². The lowest BCUT2D eigenvalue weighted by Gasteiger charge is -2.39. The van der Waals surface area contributed by atoms with Gasteiger partial charge in [0.1, 0.15) is 30.2 Å². The summed E-state index contributed by atoms with van der Waals surface area (Å²) >= 11 is 0. The van der Waals surface area contributed by atoms with Crippen LogP contribution in [0.25, 0.3) is 11.1 Å². The third-order valence-corrected chi connectivity index (χ3v) is 19.8. The predicted octanol–water partition coefficient (Wildman–Crippen LogP) is 7.66. The molecule has 94 heavy (non-hydrogen) atoms. The van der Waals surface area contributed by atoms with Crippen molar-refractivity contribution in [3.63, 3.8) is 0 Å². The quantitative estimate of drug-likeness (QED) is 0.117. The summed E-state index contributed by atoms with van der Waals surface area (Å²) in [7, 11) is 5.82. The number of rotatable bonds is 16. The summed E-state index contributed by atoms with van der Waals surface area (Å²) in [5, 5.41) is 17.9. The Hall–Kier alpha value is -7.19. The number of hydrogen-bond acceptors (Lipinski definition) is 13. The number of fused-ring (bicyclic) bond motifs is 1. The standard InChI is InChI=1S/C74H111N9O11/c1-19-49(11)61-71(90)78(16)62(46(5)6)60(84)44-55(40-45(3)4)68(87)80(18)65(74(13,14)93)73(92)94-64(50(12)20-2)72(91)79(17)63(47(7)8)67(86)75-57(42-51-26-22-21-23-27-51)69(88)77(15)59(70(89)83-35-25-30-58(83)66(85)76-61)43-52-28-24-29-54(41-52)53-31-33-56(34-32-53)82-38-36-81(37-39-82)48(9)10/h21-24,26-29,31-34,41,45-50,55,57-59,61-65,93H,19-20,25,30,35-40,42-44H2,1-18H3,(H,75,86)(H,76,85)/t49-,50-,55+,57-,58-,59-,61-,62-,63-,64+,65+/m0/s1. The number of amides is 7. The van der Waals surface area contributed by atoms with Gasteiger partial charge < -0.3 is 49.9 Å². The molecular formula is C74H111N9O11. The summed E-state index contributed by atoms with van der Waals surface area (Å²) in [4.78, 5) is 148. The zero-order valence-electron chi connectivity index (χ0n) is 59.5. The number of benzene rings is 3. The van der Waals surface area contributed by atoms with E-state index in [4.69, 9.17) is 4.74 Å². The van der Waals surface area contributed by atoms with Gasteiger partial charge in [0.25, 0.3) is 5.91 Å². The first-order chi connectivity index (χ1) is 44.2. The Morgan fingerprint density at radius 2 is 1.18 bits per heavy atom. The minimum Gasteiger partial charge on any atom is -0.450 e. The number of nitrogens with one attached hydrogen (secondary N) is 2. The van der Waals surface area contributed by atoms with E-state index in [9.17, 15) is 19.5 Å². The first-order valence-corrected chi connectivity index (χ1v) is 34.4. The Morgan fingerprint density at radius 3 is 1.74 bits per heavy atom. The van der Waals surface area contributed by atoms with E-state index >= 15 is 28.8 Å². The van der Waals surface area contributed by atoms with Crippen LogP contribution in [0.4, 0.5) is 5.69 Å². The number of esters is 1. The fourth-order valence-corrected chi connectivity index (χ4v) is 14.0. The van der Waals surface area contributed by atoms with Crippen LogP contribution in [0.5, 0.6) is 0 Å². The van der Waals surface area contributed by atoms with Crippen molar-refractivity contribution in [1.82, 2.24) is 40.0 Å². The maximum absolute atomic E-state index is 15.9. The van der Waals surface area contributed by atoms with Gasteiger partial charge in [0.05, 0.1) is 11.6 Å². The number of hydrogen-bond donors (Lipinski definition) is 3. The number of carbonyl (C=O) groups is 9. The number of carbonyl (C=O) groups excluding carboxylic acids is 9. The number of aliphatic hydroxyl groups is 1. The fourth-order valence-electron chi connectivity index (χ4n) is 14.0. The second-order valence-corrected chi connectivity index (χ2v) is 28.9. The van der Waals surface area contributed by atoms with Crippen LogP contribution in [0.2, 0.25) is 0 Å². The van der Waals surface area contributed by atoms with Gasteiger partial charge in [-0.3, -0.25) is 43.3 Å². The van der Waals surface area contributed by atoms with Gasteiger partial charge in [-0.25, -0.2) is 4.79 Å². The number of piperazine rings is 1. The average Bonchev–Trinajstić information content (AvgIpc) is 1.21. The highest BCUT2D eigenvalue weighted by molar-refractivity contribution is 5.99. The monoisotopic (exact) mass is 1300 g/mol. The van der Waals surface area contributed by atoms with Crippen LogP contribution in [-0.4, -0.2) is 209 Å². The molecule has 20 nitrogen and oxygen atoms in total. The van der Waals surface area contributed by atoms with Crippen molar-refractivity contribution >= 4 is 58.8 Å². The maximum atomic E-state index is 15.9. The lowest BCUT2D eigenvalue weighted by molar-refractivity contribution is -0.178. The second-order valence-electron chi connectivity index (χ2n) is 28.9. The minimum atomic E-state index is -1.96. The van der Waals surface area contributed by atoms with Gasteiger partial charge in [0.15, 0.2) is 17.9 Å². The molecule has 0 bridgehead atoms. The molecule has 3 aromatic rings. The smallest absolute Gasteiger partial charge is 0.332 e. The van der Waals surface area contributed by atoms with Gasteiger partial charge in [-0.2, -0.15) is 0 Å². The lowest BCUT2D eigenvalue weighted by atomic mass is 9.85. The number of nitrogens with zero attached hydrogens (tertiary/aromatic N) is 7. The summed E-state index contributed by atoms with van der Waals surface area (Å²) in [5.41, 5.74) is 2.42. The molecule has 0 aromatic heterocycles. The number of Topliss-reactive ketones (excluding diaryl/α,β-unsaturated/α-hetero) is 1. The van der Waals surface area contributed by atoms with Crippen LogP contribution < -0.4 is 15.5 Å². The summed E-state index contributed by atoms with van der Waals surface area (Å²) in [6, 6.07) is 17.0. The number of likely N-dealkylation sites (N-methyl/N-ethyl adjacent to an activating group) is 4. The lowest BCUT2D eigenvalue weighted by Crippen LogP contribution is -2.61. The highest BCUT2D eigenvalue weighted by Gasteiger charge is 2.48. The van der Waals surface area contributed by atoms with Gasteiger partial charge in [0, 0.05) is 104 Å². The number of ether oxygens (including phenoxy) is 1. The molecule has 20 heteroatoms. The Balaban J connectivity index is 1.50. The van der Waals surface area contributed by atoms with Gasteiger partial charge in [-0.1, -0.05) is 142 Å². The Labute approximate surface area is 560 Å². The molecule has 518 valence electrons. The van der Waals surface area contributed by atoms with Gasteiger partial charge in [-0.05, 0) is 111 Å². The molecule has 3 heterocycles. The maximum Gasteiger partial charge on any atom is 0.332 e. The Kier molecular flexibility index (Phi) is 27.0. The Bertz CT molecular complexity index is 3090. The summed E-state index contributed by atoms with van der Waals surface area (Å²) in [6.07, 6.45) is -0.218. The second kappa shape index (κ2) is 33.5. The molecular weight excluding hydrogens is 1190 g/mol. The van der Waals surface area contributed by atoms with E-state index in [-0.39, 0.29) is 44.6 Å². The van der Waals surface area contributed by atoms with Crippen molar-refractivity contribution < 1.29 is 53.0 Å². The molecule has 3 aromatic carbocycles. The number of anilines is 1. The summed E-state index contributed by atoms with van der Waals surface area (Å²) in [5.74, 6) is -9.18. The summed E-state index contributed by atoms with van der Waals surface area (Å²) in [6.45, 7) is 29.2. The molecule has 6 rings (SSSR count). The van der Waals surface area contributed by atoms with E-state index in [1.54, 1.807) is 34.6 Å². The number of cyclic esters (lactones) is 1. The zero-order valence-corrected chi connectivity index (χ0v) is 59.5. The van der Waals surface area contributed by atoms with Crippen LogP contribution in [0.1, 0.15) is 147 Å². The first kappa shape index (κ1) is 75.8. The fraction of sp³-hybridized carbons (Fsp3) is 0.635. The minimum absolute atomic E-state index is 0.00266. The molecule has 0 aliphatic carbocycles. The molecule has 0 radical (unpaired) electrons. The molecule has 3 fully saturated rings. The first-order valence-electron chi connectivity index (χ1n) is 34.4. The normalized spacial score (nSPS) is 25.5. The van der Waals surface area contributed by atoms with E-state index in [1.807, 2.05) is 89.2 Å². The van der Waals surface area contributed by atoms with Crippen molar-refractivity contribution in [1.29, 1.82) is 0 Å². The van der Waals surface area contributed by atoms with Crippen molar-refractivity contribution in [2.24, 2.45) is 35.5 Å². The molecule has 3 aliphatic heterocycles. The average molecular weight is 1300 g/mol. The van der Waals surface area contributed by atoms with Crippen LogP contribution in [0.15, 0.2) is 78.9 Å². The van der Waals surface area contributed by atoms with Gasteiger partial charge >= 0.3 is 5.97 Å². The van der Waals surface area contributed by atoms with Crippen LogP contribution in [0.3, 0.4) is 0 Å². The molecule has 3 aliphatic rings. The number of ketones is 1. The molecule has 0 spiro atoms. The molecule has 0 saturated carbocycles. The Morgan fingerprint density at radius 1 is 0.585 bits per heavy atom. The molecule has 3 saturated heterocycles. The molecule has 11 atom stereocenters. The highest BCUT2D eigenvalue weighted by atomic mass is 16.6. The van der Waals surface area contributed by atoms with Crippen molar-refractivity contribution in [2.75, 3.05) is 65.8 Å². The van der Waals surface area contributed by atoms with Crippen molar-refractivity contribution in [3.05, 3.63) is 90.0 Å². The molecule has 7 amide bonds. The third-order valence-electron chi connectivity index (χ3n) is 19.8. The van der Waals surface area contributed by atoms with Crippen molar-refractivity contribution in [3.8, 4) is 11.1 Å². The van der Waals surface area contributed by atoms with Gasteiger partial charge in [-0.15, -0.1) is 0 Å².